The van der Waals surface area contributed by atoms with Crippen molar-refractivity contribution in [1.82, 2.24) is 15.5 Å². The van der Waals surface area contributed by atoms with E-state index in [1.54, 1.807) is 20.9 Å². The summed E-state index contributed by atoms with van der Waals surface area (Å²) in [5.74, 6) is -1.82. The third kappa shape index (κ3) is 3.85. The summed E-state index contributed by atoms with van der Waals surface area (Å²) in [5, 5.41) is 14.1. The highest BCUT2D eigenvalue weighted by atomic mass is 16.4. The number of piperidine rings is 1. The zero-order valence-electron chi connectivity index (χ0n) is 12.2. The van der Waals surface area contributed by atoms with Crippen LogP contribution >= 0.6 is 0 Å². The van der Waals surface area contributed by atoms with Crippen molar-refractivity contribution in [3.63, 3.8) is 0 Å². The van der Waals surface area contributed by atoms with Gasteiger partial charge in [-0.2, -0.15) is 0 Å². The smallest absolute Gasteiger partial charge is 0.318 e. The summed E-state index contributed by atoms with van der Waals surface area (Å²) in [6, 6.07) is -1.34. The van der Waals surface area contributed by atoms with Crippen LogP contribution in [0.25, 0.3) is 0 Å². The number of rotatable bonds is 4. The number of likely N-dealkylation sites (tertiary alicyclic amines) is 1. The first kappa shape index (κ1) is 16.3. The lowest BCUT2D eigenvalue weighted by atomic mass is 10.0. The van der Waals surface area contributed by atoms with Crippen LogP contribution in [0.4, 0.5) is 4.79 Å². The summed E-state index contributed by atoms with van der Waals surface area (Å²) in [7, 11) is 1.54. The Morgan fingerprint density at radius 2 is 1.90 bits per heavy atom. The summed E-state index contributed by atoms with van der Waals surface area (Å²) >= 11 is 0. The van der Waals surface area contributed by atoms with E-state index < -0.39 is 24.0 Å². The van der Waals surface area contributed by atoms with E-state index in [0.29, 0.717) is 13.0 Å². The highest BCUT2D eigenvalue weighted by Gasteiger charge is 2.33. The van der Waals surface area contributed by atoms with Crippen LogP contribution in [0.5, 0.6) is 0 Å². The molecular weight excluding hydrogens is 262 g/mol. The molecule has 3 atom stereocenters. The van der Waals surface area contributed by atoms with Gasteiger partial charge >= 0.3 is 12.0 Å². The number of amides is 3. The van der Waals surface area contributed by atoms with Gasteiger partial charge in [-0.05, 0) is 33.1 Å². The third-order valence-electron chi connectivity index (χ3n) is 3.80. The maximum atomic E-state index is 12.2. The molecule has 1 heterocycles. The average Bonchev–Trinajstić information content (AvgIpc) is 2.45. The molecule has 1 rings (SSSR count). The van der Waals surface area contributed by atoms with Gasteiger partial charge in [0.15, 0.2) is 0 Å². The fourth-order valence-corrected chi connectivity index (χ4v) is 2.23. The Morgan fingerprint density at radius 3 is 2.45 bits per heavy atom. The van der Waals surface area contributed by atoms with Gasteiger partial charge in [-0.25, -0.2) is 4.79 Å². The van der Waals surface area contributed by atoms with Crippen molar-refractivity contribution in [3.05, 3.63) is 0 Å². The summed E-state index contributed by atoms with van der Waals surface area (Å²) in [6.45, 7) is 3.70. The number of aliphatic carboxylic acids is 1. The van der Waals surface area contributed by atoms with Crippen molar-refractivity contribution in [2.75, 3.05) is 13.6 Å². The molecule has 1 aliphatic rings. The number of urea groups is 1. The van der Waals surface area contributed by atoms with Gasteiger partial charge in [0, 0.05) is 19.6 Å². The van der Waals surface area contributed by atoms with Crippen LogP contribution in [0, 0.1) is 5.92 Å². The zero-order chi connectivity index (χ0) is 15.3. The van der Waals surface area contributed by atoms with Gasteiger partial charge in [0.05, 0.1) is 5.92 Å². The molecule has 0 aliphatic carbocycles. The molecule has 1 aliphatic heterocycles. The standard InChI is InChI=1S/C13H23N3O4/c1-8(12(18)19)9(2)15-13(20)16-7-5-4-6-10(16)11(17)14-3/h8-10H,4-7H2,1-3H3,(H,14,17)(H,15,20)(H,18,19). The summed E-state index contributed by atoms with van der Waals surface area (Å²) in [4.78, 5) is 36.4. The fraction of sp³-hybridized carbons (Fsp3) is 0.769. The largest absolute Gasteiger partial charge is 0.481 e. The molecule has 0 aromatic rings. The SMILES string of the molecule is CNC(=O)C1CCCCN1C(=O)NC(C)C(C)C(=O)O. The van der Waals surface area contributed by atoms with Crippen LogP contribution in [0.1, 0.15) is 33.1 Å². The molecule has 0 saturated carbocycles. The Balaban J connectivity index is 2.68. The zero-order valence-corrected chi connectivity index (χ0v) is 12.2. The van der Waals surface area contributed by atoms with E-state index in [1.807, 2.05) is 0 Å². The van der Waals surface area contributed by atoms with Gasteiger partial charge in [-0.3, -0.25) is 9.59 Å². The Bertz CT molecular complexity index is 386. The van der Waals surface area contributed by atoms with Crippen molar-refractivity contribution in [2.24, 2.45) is 5.92 Å². The molecule has 1 saturated heterocycles. The summed E-state index contributed by atoms with van der Waals surface area (Å²) in [6.07, 6.45) is 2.39. The second-order valence-electron chi connectivity index (χ2n) is 5.18. The second kappa shape index (κ2) is 7.12. The average molecular weight is 285 g/mol. The number of carbonyl (C=O) groups excluding carboxylic acids is 2. The molecule has 7 heteroatoms. The van der Waals surface area contributed by atoms with E-state index in [2.05, 4.69) is 10.6 Å². The third-order valence-corrected chi connectivity index (χ3v) is 3.80. The number of carboxylic acid groups (broad SMARTS) is 1. The van der Waals surface area contributed by atoms with E-state index in [0.717, 1.165) is 12.8 Å². The van der Waals surface area contributed by atoms with Crippen molar-refractivity contribution in [3.8, 4) is 0 Å². The lowest BCUT2D eigenvalue weighted by molar-refractivity contribution is -0.141. The number of likely N-dealkylation sites (N-methyl/N-ethyl adjacent to an activating group) is 1. The van der Waals surface area contributed by atoms with Gasteiger partial charge in [0.25, 0.3) is 0 Å². The Hall–Kier alpha value is -1.79. The molecule has 0 bridgehead atoms. The summed E-state index contributed by atoms with van der Waals surface area (Å²) in [5.41, 5.74) is 0. The first-order chi connectivity index (χ1) is 9.38. The molecule has 3 amide bonds. The minimum atomic E-state index is -0.959. The Kier molecular flexibility index (Phi) is 5.79. The number of hydrogen-bond donors (Lipinski definition) is 3. The van der Waals surface area contributed by atoms with Crippen LogP contribution in [0.3, 0.4) is 0 Å². The predicted octanol–water partition coefficient (Wildman–Crippen LogP) is 0.406. The van der Waals surface area contributed by atoms with Crippen molar-refractivity contribution >= 4 is 17.9 Å². The van der Waals surface area contributed by atoms with Crippen molar-refractivity contribution in [2.45, 2.75) is 45.2 Å². The minimum Gasteiger partial charge on any atom is -0.481 e. The molecule has 0 radical (unpaired) electrons. The van der Waals surface area contributed by atoms with Gasteiger partial charge in [-0.1, -0.05) is 0 Å². The molecule has 3 N–H and O–H groups in total. The number of carboxylic acids is 1. The molecule has 0 aromatic heterocycles. The number of nitrogens with zero attached hydrogens (tertiary/aromatic N) is 1. The lowest BCUT2D eigenvalue weighted by Gasteiger charge is -2.35. The first-order valence-electron chi connectivity index (χ1n) is 6.90. The highest BCUT2D eigenvalue weighted by molar-refractivity contribution is 5.87. The molecule has 1 fully saturated rings. The van der Waals surface area contributed by atoms with E-state index in [4.69, 9.17) is 5.11 Å². The summed E-state index contributed by atoms with van der Waals surface area (Å²) < 4.78 is 0. The fourth-order valence-electron chi connectivity index (χ4n) is 2.23. The Morgan fingerprint density at radius 1 is 1.25 bits per heavy atom. The van der Waals surface area contributed by atoms with E-state index >= 15 is 0 Å². The molecule has 114 valence electrons. The second-order valence-corrected chi connectivity index (χ2v) is 5.18. The van der Waals surface area contributed by atoms with E-state index in [9.17, 15) is 14.4 Å². The molecule has 0 aromatic carbocycles. The number of carbonyl (C=O) groups is 3. The highest BCUT2D eigenvalue weighted by Crippen LogP contribution is 2.17. The lowest BCUT2D eigenvalue weighted by Crippen LogP contribution is -2.56. The monoisotopic (exact) mass is 285 g/mol. The van der Waals surface area contributed by atoms with Crippen molar-refractivity contribution in [1.29, 1.82) is 0 Å². The van der Waals surface area contributed by atoms with Gasteiger partial charge in [0.1, 0.15) is 6.04 Å². The predicted molar refractivity (Wildman–Crippen MR) is 73.2 cm³/mol. The van der Waals surface area contributed by atoms with Gasteiger partial charge < -0.3 is 20.6 Å². The minimum absolute atomic E-state index is 0.182. The van der Waals surface area contributed by atoms with Crippen LogP contribution in [0.15, 0.2) is 0 Å². The van der Waals surface area contributed by atoms with Crippen LogP contribution < -0.4 is 10.6 Å². The molecule has 0 spiro atoms. The Labute approximate surface area is 118 Å². The van der Waals surface area contributed by atoms with Gasteiger partial charge in [0.2, 0.25) is 5.91 Å². The van der Waals surface area contributed by atoms with Gasteiger partial charge in [-0.15, -0.1) is 0 Å². The maximum Gasteiger partial charge on any atom is 0.318 e. The topological polar surface area (TPSA) is 98.7 Å². The molecular formula is C13H23N3O4. The maximum absolute atomic E-state index is 12.2. The number of nitrogens with one attached hydrogen (secondary N) is 2. The first-order valence-corrected chi connectivity index (χ1v) is 6.90. The normalized spacial score (nSPS) is 21.8. The van der Waals surface area contributed by atoms with Crippen LogP contribution in [0.2, 0.25) is 0 Å². The van der Waals surface area contributed by atoms with Crippen molar-refractivity contribution < 1.29 is 19.5 Å². The molecule has 20 heavy (non-hydrogen) atoms. The molecule has 3 unspecified atom stereocenters. The molecule has 7 nitrogen and oxygen atoms in total. The van der Waals surface area contributed by atoms with E-state index in [-0.39, 0.29) is 11.9 Å². The van der Waals surface area contributed by atoms with Crippen LogP contribution in [-0.4, -0.2) is 53.6 Å². The number of hydrogen-bond acceptors (Lipinski definition) is 3. The quantitative estimate of drug-likeness (QED) is 0.696. The van der Waals surface area contributed by atoms with Crippen LogP contribution in [-0.2, 0) is 9.59 Å². The van der Waals surface area contributed by atoms with E-state index in [1.165, 1.54) is 4.90 Å².